The Bertz CT molecular complexity index is 619. The van der Waals surface area contributed by atoms with Crippen LogP contribution in [-0.4, -0.2) is 10.9 Å². The summed E-state index contributed by atoms with van der Waals surface area (Å²) in [4.78, 5) is 15.7. The first-order valence-electron chi connectivity index (χ1n) is 6.07. The smallest absolute Gasteiger partial charge is 0.272 e. The molecule has 0 saturated carbocycles. The van der Waals surface area contributed by atoms with E-state index in [1.54, 1.807) is 12.1 Å². The van der Waals surface area contributed by atoms with Crippen LogP contribution in [0.3, 0.4) is 0 Å². The number of hydrogen-bond acceptors (Lipinski definition) is 2. The number of amides is 1. The van der Waals surface area contributed by atoms with Crippen molar-refractivity contribution in [1.29, 1.82) is 0 Å². The summed E-state index contributed by atoms with van der Waals surface area (Å²) in [7, 11) is 0. The van der Waals surface area contributed by atoms with Gasteiger partial charge in [-0.2, -0.15) is 0 Å². The average Bonchev–Trinajstić information content (AvgIpc) is 2.38. The number of carbonyl (C=O) groups excluding carboxylic acids is 1. The fourth-order valence-corrected chi connectivity index (χ4v) is 1.66. The quantitative estimate of drug-likeness (QED) is 0.927. The number of nitrogens with one attached hydrogen (secondary N) is 1. The van der Waals surface area contributed by atoms with Crippen LogP contribution < -0.4 is 5.32 Å². The Labute approximate surface area is 115 Å². The predicted molar refractivity (Wildman–Crippen MR) is 72.9 cm³/mol. The van der Waals surface area contributed by atoms with E-state index in [1.165, 1.54) is 12.3 Å². The Morgan fingerprint density at radius 2 is 1.85 bits per heavy atom. The maximum atomic E-state index is 13.2. The lowest BCUT2D eigenvalue weighted by molar-refractivity contribution is 0.0171. The molecule has 20 heavy (non-hydrogen) atoms. The van der Waals surface area contributed by atoms with Gasteiger partial charge in [-0.3, -0.25) is 9.78 Å². The number of alkyl halides is 2. The zero-order valence-electron chi connectivity index (χ0n) is 11.2. The van der Waals surface area contributed by atoms with Crippen molar-refractivity contribution in [2.45, 2.75) is 19.8 Å². The van der Waals surface area contributed by atoms with E-state index in [4.69, 9.17) is 0 Å². The SMILES string of the molecule is Cc1ccc(C(=O)Nc2cncc(C(C)(F)F)c2)cc1. The van der Waals surface area contributed by atoms with E-state index in [9.17, 15) is 13.6 Å². The van der Waals surface area contributed by atoms with E-state index in [1.807, 2.05) is 19.1 Å². The monoisotopic (exact) mass is 276 g/mol. The molecule has 0 aliphatic carbocycles. The summed E-state index contributed by atoms with van der Waals surface area (Å²) >= 11 is 0. The van der Waals surface area contributed by atoms with E-state index in [0.29, 0.717) is 5.56 Å². The first-order valence-corrected chi connectivity index (χ1v) is 6.07. The van der Waals surface area contributed by atoms with Crippen molar-refractivity contribution in [2.24, 2.45) is 0 Å². The van der Waals surface area contributed by atoms with Crippen LogP contribution in [0, 0.1) is 6.92 Å². The van der Waals surface area contributed by atoms with Crippen LogP contribution in [0.15, 0.2) is 42.7 Å². The van der Waals surface area contributed by atoms with E-state index in [2.05, 4.69) is 10.3 Å². The van der Waals surface area contributed by atoms with Crippen molar-refractivity contribution in [3.8, 4) is 0 Å². The lowest BCUT2D eigenvalue weighted by atomic mass is 10.1. The maximum absolute atomic E-state index is 13.2. The lowest BCUT2D eigenvalue weighted by Gasteiger charge is -2.12. The average molecular weight is 276 g/mol. The second-order valence-electron chi connectivity index (χ2n) is 4.67. The summed E-state index contributed by atoms with van der Waals surface area (Å²) in [6.45, 7) is 2.70. The standard InChI is InChI=1S/C15H14F2N2O/c1-10-3-5-11(6-4-10)14(20)19-13-7-12(8-18-9-13)15(2,16)17/h3-9H,1-2H3,(H,19,20). The molecule has 0 aliphatic rings. The highest BCUT2D eigenvalue weighted by molar-refractivity contribution is 6.04. The van der Waals surface area contributed by atoms with Gasteiger partial charge in [0.15, 0.2) is 0 Å². The summed E-state index contributed by atoms with van der Waals surface area (Å²) in [5.74, 6) is -3.35. The van der Waals surface area contributed by atoms with Crippen LogP contribution in [0.2, 0.25) is 0 Å². The van der Waals surface area contributed by atoms with E-state index < -0.39 is 5.92 Å². The number of rotatable bonds is 3. The number of hydrogen-bond donors (Lipinski definition) is 1. The highest BCUT2D eigenvalue weighted by atomic mass is 19.3. The number of pyridine rings is 1. The second-order valence-corrected chi connectivity index (χ2v) is 4.67. The highest BCUT2D eigenvalue weighted by Gasteiger charge is 2.25. The number of aromatic nitrogens is 1. The molecular weight excluding hydrogens is 262 g/mol. The number of benzene rings is 1. The molecule has 1 aromatic heterocycles. The van der Waals surface area contributed by atoms with Crippen LogP contribution in [0.4, 0.5) is 14.5 Å². The van der Waals surface area contributed by atoms with E-state index >= 15 is 0 Å². The van der Waals surface area contributed by atoms with Gasteiger partial charge in [0.25, 0.3) is 11.8 Å². The first kappa shape index (κ1) is 14.1. The Morgan fingerprint density at radius 3 is 2.45 bits per heavy atom. The number of nitrogens with zero attached hydrogens (tertiary/aromatic N) is 1. The molecule has 3 nitrogen and oxygen atoms in total. The van der Waals surface area contributed by atoms with Gasteiger partial charge in [-0.1, -0.05) is 17.7 Å². The van der Waals surface area contributed by atoms with Gasteiger partial charge in [0.1, 0.15) is 0 Å². The highest BCUT2D eigenvalue weighted by Crippen LogP contribution is 2.27. The molecule has 0 atom stereocenters. The van der Waals surface area contributed by atoms with E-state index in [-0.39, 0.29) is 17.2 Å². The maximum Gasteiger partial charge on any atom is 0.272 e. The van der Waals surface area contributed by atoms with Crippen molar-refractivity contribution >= 4 is 11.6 Å². The molecule has 1 aromatic carbocycles. The molecule has 2 rings (SSSR count). The molecule has 0 bridgehead atoms. The summed E-state index contributed by atoms with van der Waals surface area (Å²) in [5.41, 5.74) is 1.51. The number of aryl methyl sites for hydroxylation is 1. The Kier molecular flexibility index (Phi) is 3.79. The van der Waals surface area contributed by atoms with Crippen LogP contribution >= 0.6 is 0 Å². The molecule has 0 spiro atoms. The predicted octanol–water partition coefficient (Wildman–Crippen LogP) is 3.75. The van der Waals surface area contributed by atoms with E-state index in [0.717, 1.165) is 18.7 Å². The van der Waals surface area contributed by atoms with Gasteiger partial charge in [0.2, 0.25) is 0 Å². The largest absolute Gasteiger partial charge is 0.321 e. The lowest BCUT2D eigenvalue weighted by Crippen LogP contribution is -2.14. The third-order valence-corrected chi connectivity index (χ3v) is 2.82. The third-order valence-electron chi connectivity index (χ3n) is 2.82. The second kappa shape index (κ2) is 5.36. The van der Waals surface area contributed by atoms with Crippen LogP contribution in [-0.2, 0) is 5.92 Å². The fraction of sp³-hybridized carbons (Fsp3) is 0.200. The summed E-state index contributed by atoms with van der Waals surface area (Å²) in [6, 6.07) is 8.19. The molecular formula is C15H14F2N2O. The first-order chi connectivity index (χ1) is 9.36. The number of anilines is 1. The zero-order valence-corrected chi connectivity index (χ0v) is 11.2. The molecule has 104 valence electrons. The number of halogens is 2. The van der Waals surface area contributed by atoms with Crippen molar-refractivity contribution in [1.82, 2.24) is 4.98 Å². The molecule has 0 saturated heterocycles. The minimum Gasteiger partial charge on any atom is -0.321 e. The van der Waals surface area contributed by atoms with Crippen molar-refractivity contribution in [3.63, 3.8) is 0 Å². The molecule has 0 aliphatic heterocycles. The zero-order chi connectivity index (χ0) is 14.8. The number of carbonyl (C=O) groups is 1. The van der Waals surface area contributed by atoms with Gasteiger partial charge < -0.3 is 5.32 Å². The molecule has 1 amide bonds. The topological polar surface area (TPSA) is 42.0 Å². The molecule has 2 aromatic rings. The van der Waals surface area contributed by atoms with Crippen LogP contribution in [0.25, 0.3) is 0 Å². The molecule has 0 radical (unpaired) electrons. The third kappa shape index (κ3) is 3.38. The molecule has 0 unspecified atom stereocenters. The minimum absolute atomic E-state index is 0.237. The van der Waals surface area contributed by atoms with Gasteiger partial charge >= 0.3 is 0 Å². The van der Waals surface area contributed by atoms with Crippen LogP contribution in [0.1, 0.15) is 28.4 Å². The van der Waals surface area contributed by atoms with Gasteiger partial charge in [0.05, 0.1) is 11.9 Å². The Hall–Kier alpha value is -2.30. The molecule has 0 fully saturated rings. The summed E-state index contributed by atoms with van der Waals surface area (Å²) < 4.78 is 26.4. The molecule has 5 heteroatoms. The van der Waals surface area contributed by atoms with Gasteiger partial charge in [-0.25, -0.2) is 8.78 Å². The Balaban J connectivity index is 2.18. The van der Waals surface area contributed by atoms with Gasteiger partial charge in [-0.05, 0) is 25.1 Å². The normalized spacial score (nSPS) is 11.2. The Morgan fingerprint density at radius 1 is 1.20 bits per heavy atom. The van der Waals surface area contributed by atoms with Crippen molar-refractivity contribution in [2.75, 3.05) is 5.32 Å². The summed E-state index contributed by atoms with van der Waals surface area (Å²) in [6.07, 6.45) is 2.42. The van der Waals surface area contributed by atoms with Gasteiger partial charge in [0, 0.05) is 24.2 Å². The van der Waals surface area contributed by atoms with Crippen molar-refractivity contribution < 1.29 is 13.6 Å². The fourth-order valence-electron chi connectivity index (χ4n) is 1.66. The van der Waals surface area contributed by atoms with Gasteiger partial charge in [-0.15, -0.1) is 0 Å². The van der Waals surface area contributed by atoms with Crippen molar-refractivity contribution in [3.05, 3.63) is 59.4 Å². The molecule has 1 heterocycles. The molecule has 1 N–H and O–H groups in total. The summed E-state index contributed by atoms with van der Waals surface area (Å²) in [5, 5.41) is 2.56. The van der Waals surface area contributed by atoms with Crippen LogP contribution in [0.5, 0.6) is 0 Å². The minimum atomic E-state index is -2.99.